The molecule has 12 heavy (non-hydrogen) atoms. The molecular formula is C9H8NO2+. The molecule has 0 aromatic rings. The zero-order valence-corrected chi connectivity index (χ0v) is 6.49. The lowest BCUT2D eigenvalue weighted by atomic mass is 9.92. The molecule has 0 unspecified atom stereocenters. The zero-order valence-electron chi connectivity index (χ0n) is 6.49. The molecule has 0 bridgehead atoms. The molecule has 3 nitrogen and oxygen atoms in total. The van der Waals surface area contributed by atoms with Gasteiger partial charge in [0.05, 0.1) is 4.76 Å². The van der Waals surface area contributed by atoms with Gasteiger partial charge in [0.15, 0.2) is 0 Å². The van der Waals surface area contributed by atoms with Crippen LogP contribution >= 0.6 is 0 Å². The fraction of sp³-hybridized carbons (Fsp3) is 0.222. The molecule has 0 N–H and O–H groups in total. The second kappa shape index (κ2) is 2.52. The monoisotopic (exact) mass is 162 g/mol. The predicted octanol–water partition coefficient (Wildman–Crippen LogP) is 1.47. The van der Waals surface area contributed by atoms with E-state index in [1.165, 1.54) is 12.4 Å². The van der Waals surface area contributed by atoms with Crippen LogP contribution in [0.2, 0.25) is 0 Å². The van der Waals surface area contributed by atoms with Gasteiger partial charge in [-0.2, -0.15) is 0 Å². The number of nitrogens with zero attached hydrogens (tertiary/aromatic N) is 1. The number of rotatable bonds is 0. The average molecular weight is 162 g/mol. The van der Waals surface area contributed by atoms with Crippen molar-refractivity contribution in [3.05, 3.63) is 40.6 Å². The number of allylic oxidation sites excluding steroid dienone is 4. The van der Waals surface area contributed by atoms with E-state index in [9.17, 15) is 9.70 Å². The first-order valence-corrected chi connectivity index (χ1v) is 3.82. The summed E-state index contributed by atoms with van der Waals surface area (Å²) >= 11 is 0. The van der Waals surface area contributed by atoms with Crippen molar-refractivity contribution >= 4 is 5.78 Å². The smallest absolute Gasteiger partial charge is 0.231 e. The quantitative estimate of drug-likeness (QED) is 0.506. The van der Waals surface area contributed by atoms with Crippen molar-refractivity contribution in [3.63, 3.8) is 0 Å². The molecule has 2 rings (SSSR count). The lowest BCUT2D eigenvalue weighted by Gasteiger charge is -2.11. The Balaban J connectivity index is 2.41. The Bertz CT molecular complexity index is 348. The summed E-state index contributed by atoms with van der Waals surface area (Å²) in [5.74, 6) is 0.175. The van der Waals surface area contributed by atoms with Crippen LogP contribution in [-0.2, 0) is 4.79 Å². The first kappa shape index (κ1) is 7.16. The summed E-state index contributed by atoms with van der Waals surface area (Å²) in [4.78, 5) is 21.8. The minimum absolute atomic E-state index is 0.175. The van der Waals surface area contributed by atoms with Gasteiger partial charge in [-0.1, -0.05) is 6.08 Å². The third-order valence-electron chi connectivity index (χ3n) is 1.99. The number of carbonyl (C=O) groups is 1. The Morgan fingerprint density at radius 3 is 3.08 bits per heavy atom. The Hall–Kier alpha value is -1.51. The molecule has 2 aliphatic rings. The third kappa shape index (κ3) is 1.13. The molecule has 0 saturated carbocycles. The molecule has 0 saturated heterocycles. The van der Waals surface area contributed by atoms with E-state index in [4.69, 9.17) is 0 Å². The number of fused-ring (bicyclic) bond motifs is 1. The maximum atomic E-state index is 11.0. The molecular weight excluding hydrogens is 154 g/mol. The van der Waals surface area contributed by atoms with Gasteiger partial charge in [-0.05, 0) is 5.57 Å². The van der Waals surface area contributed by atoms with Gasteiger partial charge in [0, 0.05) is 29.4 Å². The lowest BCUT2D eigenvalue weighted by molar-refractivity contribution is -0.404. The van der Waals surface area contributed by atoms with Gasteiger partial charge in [-0.3, -0.25) is 4.79 Å². The second-order valence-corrected chi connectivity index (χ2v) is 2.91. The van der Waals surface area contributed by atoms with E-state index in [2.05, 4.69) is 0 Å². The van der Waals surface area contributed by atoms with Crippen molar-refractivity contribution in [1.29, 1.82) is 0 Å². The zero-order chi connectivity index (χ0) is 8.55. The number of nitroso groups, excluding NO2 is 1. The van der Waals surface area contributed by atoms with Gasteiger partial charge in [-0.15, -0.1) is 0 Å². The number of hydrogen-bond acceptors (Lipinski definition) is 2. The van der Waals surface area contributed by atoms with Gasteiger partial charge >= 0.3 is 0 Å². The Kier molecular flexibility index (Phi) is 1.50. The van der Waals surface area contributed by atoms with E-state index in [-0.39, 0.29) is 5.78 Å². The summed E-state index contributed by atoms with van der Waals surface area (Å²) in [7, 11) is 0. The van der Waals surface area contributed by atoms with E-state index in [0.717, 1.165) is 15.9 Å². The number of ketones is 1. The highest BCUT2D eigenvalue weighted by Gasteiger charge is 2.21. The van der Waals surface area contributed by atoms with Gasteiger partial charge < -0.3 is 0 Å². The minimum Gasteiger partial charge on any atom is -0.299 e. The Labute approximate surface area is 69.6 Å². The van der Waals surface area contributed by atoms with E-state index in [0.29, 0.717) is 12.8 Å². The molecule has 0 spiro atoms. The maximum absolute atomic E-state index is 11.0. The van der Waals surface area contributed by atoms with Crippen molar-refractivity contribution in [3.8, 4) is 0 Å². The summed E-state index contributed by atoms with van der Waals surface area (Å²) in [5, 5.41) is 0. The van der Waals surface area contributed by atoms with Crippen LogP contribution in [0.5, 0.6) is 0 Å². The first-order valence-electron chi connectivity index (χ1n) is 3.82. The predicted molar refractivity (Wildman–Crippen MR) is 43.2 cm³/mol. The van der Waals surface area contributed by atoms with Crippen LogP contribution in [0.1, 0.15) is 12.8 Å². The summed E-state index contributed by atoms with van der Waals surface area (Å²) in [5.41, 5.74) is 1.85. The normalized spacial score (nSPS) is 21.7. The van der Waals surface area contributed by atoms with Crippen molar-refractivity contribution in [2.75, 3.05) is 0 Å². The number of Topliss-reactive ketones (excluding diaryl/α,β-unsaturated/α-hetero) is 1. The molecule has 0 aromatic heterocycles. The van der Waals surface area contributed by atoms with Crippen LogP contribution < -0.4 is 0 Å². The fourth-order valence-corrected chi connectivity index (χ4v) is 1.39. The molecule has 0 atom stereocenters. The van der Waals surface area contributed by atoms with E-state index >= 15 is 0 Å². The lowest BCUT2D eigenvalue weighted by Crippen LogP contribution is -2.10. The summed E-state index contributed by atoms with van der Waals surface area (Å²) in [6.45, 7) is 0. The highest BCUT2D eigenvalue weighted by Crippen LogP contribution is 2.25. The summed E-state index contributed by atoms with van der Waals surface area (Å²) in [6, 6.07) is 0. The highest BCUT2D eigenvalue weighted by atomic mass is 16.3. The van der Waals surface area contributed by atoms with Gasteiger partial charge in [0.1, 0.15) is 5.78 Å². The molecule has 60 valence electrons. The maximum Gasteiger partial charge on any atom is 0.231 e. The van der Waals surface area contributed by atoms with E-state index < -0.39 is 0 Å². The minimum atomic E-state index is 0.175. The molecule has 0 radical (unpaired) electrons. The number of hydrogen-bond donors (Lipinski definition) is 0. The van der Waals surface area contributed by atoms with Crippen molar-refractivity contribution in [2.24, 2.45) is 0 Å². The van der Waals surface area contributed by atoms with Crippen LogP contribution in [0, 0.1) is 4.91 Å². The largest absolute Gasteiger partial charge is 0.299 e. The third-order valence-corrected chi connectivity index (χ3v) is 1.99. The molecule has 1 aliphatic carbocycles. The Morgan fingerprint density at radius 2 is 2.25 bits per heavy atom. The second-order valence-electron chi connectivity index (χ2n) is 2.91. The highest BCUT2D eigenvalue weighted by molar-refractivity contribution is 5.86. The Morgan fingerprint density at radius 1 is 1.42 bits per heavy atom. The van der Waals surface area contributed by atoms with Crippen molar-refractivity contribution in [1.82, 2.24) is 0 Å². The molecule has 3 heteroatoms. The standard InChI is InChI=1S/C9H8NO2/c11-9-2-1-7-3-4-10(12)6-8(7)5-9/h1,3-4,6H,2,5H2/q+1. The molecule has 0 amide bonds. The fourth-order valence-electron chi connectivity index (χ4n) is 1.39. The molecule has 1 heterocycles. The van der Waals surface area contributed by atoms with Crippen LogP contribution in [0.25, 0.3) is 0 Å². The summed E-state index contributed by atoms with van der Waals surface area (Å²) < 4.78 is 0.727. The van der Waals surface area contributed by atoms with Crippen LogP contribution in [0.4, 0.5) is 0 Å². The topological polar surface area (TPSA) is 37.1 Å². The summed E-state index contributed by atoms with van der Waals surface area (Å²) in [6.07, 6.45) is 7.41. The molecule has 0 aromatic carbocycles. The number of carbonyl (C=O) groups excluding carboxylic acids is 1. The van der Waals surface area contributed by atoms with E-state index in [1.54, 1.807) is 6.08 Å². The van der Waals surface area contributed by atoms with E-state index in [1.807, 2.05) is 6.08 Å². The van der Waals surface area contributed by atoms with Crippen molar-refractivity contribution in [2.45, 2.75) is 12.8 Å². The van der Waals surface area contributed by atoms with Crippen LogP contribution in [0.3, 0.4) is 0 Å². The van der Waals surface area contributed by atoms with Gasteiger partial charge in [0.25, 0.3) is 0 Å². The average Bonchev–Trinajstić information content (AvgIpc) is 2.03. The van der Waals surface area contributed by atoms with Crippen LogP contribution in [-0.4, -0.2) is 10.5 Å². The van der Waals surface area contributed by atoms with Gasteiger partial charge in [0.2, 0.25) is 12.4 Å². The molecule has 1 aliphatic heterocycles. The molecule has 0 fully saturated rings. The first-order chi connectivity index (χ1) is 5.75. The van der Waals surface area contributed by atoms with Crippen molar-refractivity contribution < 1.29 is 9.55 Å². The van der Waals surface area contributed by atoms with Gasteiger partial charge in [-0.25, -0.2) is 0 Å². The van der Waals surface area contributed by atoms with Crippen LogP contribution in [0.15, 0.2) is 35.7 Å². The SMILES string of the molecule is O=C1CC=C2C=C[N+](=O)C=C2C1.